The third-order valence-electron chi connectivity index (χ3n) is 4.16. The molecule has 3 aromatic heterocycles. The van der Waals surface area contributed by atoms with E-state index in [2.05, 4.69) is 15.3 Å². The van der Waals surface area contributed by atoms with Crippen molar-refractivity contribution in [1.82, 2.24) is 15.0 Å². The lowest BCUT2D eigenvalue weighted by Gasteiger charge is -2.08. The summed E-state index contributed by atoms with van der Waals surface area (Å²) >= 11 is 6.09. The van der Waals surface area contributed by atoms with Gasteiger partial charge in [0, 0.05) is 29.9 Å². The van der Waals surface area contributed by atoms with Crippen LogP contribution in [0.3, 0.4) is 0 Å². The highest BCUT2D eigenvalue weighted by Gasteiger charge is 2.09. The van der Waals surface area contributed by atoms with Crippen molar-refractivity contribution in [2.24, 2.45) is 0 Å². The predicted octanol–water partition coefficient (Wildman–Crippen LogP) is 4.90. The summed E-state index contributed by atoms with van der Waals surface area (Å²) in [5.41, 5.74) is 3.78. The Morgan fingerprint density at radius 2 is 2.00 bits per heavy atom. The largest absolute Gasteiger partial charge is 0.497 e. The maximum atomic E-state index is 6.09. The van der Waals surface area contributed by atoms with Crippen LogP contribution in [0.4, 0.5) is 5.82 Å². The van der Waals surface area contributed by atoms with Crippen molar-refractivity contribution in [3.63, 3.8) is 0 Å². The van der Waals surface area contributed by atoms with Crippen LogP contribution in [-0.2, 0) is 6.54 Å². The van der Waals surface area contributed by atoms with E-state index in [0.29, 0.717) is 11.6 Å². The van der Waals surface area contributed by atoms with Gasteiger partial charge in [0.15, 0.2) is 0 Å². The Morgan fingerprint density at radius 3 is 2.81 bits per heavy atom. The predicted molar refractivity (Wildman–Crippen MR) is 105 cm³/mol. The lowest BCUT2D eigenvalue weighted by atomic mass is 10.1. The van der Waals surface area contributed by atoms with E-state index in [9.17, 15) is 0 Å². The van der Waals surface area contributed by atoms with Crippen molar-refractivity contribution in [2.45, 2.75) is 6.54 Å². The minimum atomic E-state index is 0.604. The maximum absolute atomic E-state index is 6.09. The summed E-state index contributed by atoms with van der Waals surface area (Å²) in [5, 5.41) is 4.92. The second-order valence-electron chi connectivity index (χ2n) is 5.86. The Hall–Kier alpha value is -3.05. The van der Waals surface area contributed by atoms with E-state index >= 15 is 0 Å². The number of anilines is 1. The van der Waals surface area contributed by atoms with E-state index in [1.165, 1.54) is 0 Å². The molecule has 0 spiro atoms. The molecule has 130 valence electrons. The van der Waals surface area contributed by atoms with Crippen LogP contribution in [0.15, 0.2) is 60.9 Å². The molecule has 0 saturated carbocycles. The summed E-state index contributed by atoms with van der Waals surface area (Å²) in [7, 11) is 1.66. The van der Waals surface area contributed by atoms with Crippen molar-refractivity contribution in [3.05, 3.63) is 71.5 Å². The molecule has 0 aliphatic rings. The smallest absolute Gasteiger partial charge is 0.138 e. The third kappa shape index (κ3) is 3.34. The summed E-state index contributed by atoms with van der Waals surface area (Å²) in [6, 6.07) is 15.8. The number of fused-ring (bicyclic) bond motifs is 1. The molecule has 5 nitrogen and oxygen atoms in total. The number of H-pyrrole nitrogens is 1. The SMILES string of the molecule is COc1ccc(CNc2cccc(-c3c[nH]c4ncc(Cl)cc34)n2)cc1. The fourth-order valence-corrected chi connectivity index (χ4v) is 2.97. The third-order valence-corrected chi connectivity index (χ3v) is 4.36. The maximum Gasteiger partial charge on any atom is 0.138 e. The molecule has 1 aromatic carbocycles. The van der Waals surface area contributed by atoms with Gasteiger partial charge in [-0.2, -0.15) is 0 Å². The normalized spacial score (nSPS) is 10.8. The molecule has 0 aliphatic heterocycles. The van der Waals surface area contributed by atoms with Crippen molar-refractivity contribution < 1.29 is 4.74 Å². The highest BCUT2D eigenvalue weighted by Crippen LogP contribution is 2.28. The number of hydrogen-bond acceptors (Lipinski definition) is 4. The average Bonchev–Trinajstić information content (AvgIpc) is 3.10. The standard InChI is InChI=1S/C20H17ClN4O/c1-26-15-7-5-13(6-8-15)10-22-19-4-2-3-18(25-19)17-12-24-20-16(17)9-14(21)11-23-20/h2-9,11-12H,10H2,1H3,(H,22,25)(H,23,24). The van der Waals surface area contributed by atoms with E-state index in [-0.39, 0.29) is 0 Å². The lowest BCUT2D eigenvalue weighted by molar-refractivity contribution is 0.414. The van der Waals surface area contributed by atoms with Gasteiger partial charge in [0.1, 0.15) is 17.2 Å². The van der Waals surface area contributed by atoms with Gasteiger partial charge in [-0.3, -0.25) is 0 Å². The molecule has 4 aromatic rings. The number of aromatic nitrogens is 3. The number of pyridine rings is 2. The fraction of sp³-hybridized carbons (Fsp3) is 0.100. The van der Waals surface area contributed by atoms with Gasteiger partial charge in [-0.25, -0.2) is 9.97 Å². The van der Waals surface area contributed by atoms with Crippen LogP contribution >= 0.6 is 11.6 Å². The number of nitrogens with one attached hydrogen (secondary N) is 2. The Morgan fingerprint density at radius 1 is 1.15 bits per heavy atom. The zero-order valence-corrected chi connectivity index (χ0v) is 14.9. The summed E-state index contributed by atoms with van der Waals surface area (Å²) < 4.78 is 5.18. The van der Waals surface area contributed by atoms with Crippen molar-refractivity contribution >= 4 is 28.5 Å². The first-order valence-electron chi connectivity index (χ1n) is 8.20. The van der Waals surface area contributed by atoms with Crippen LogP contribution in [0.25, 0.3) is 22.3 Å². The van der Waals surface area contributed by atoms with Crippen LogP contribution in [0.2, 0.25) is 5.02 Å². The van der Waals surface area contributed by atoms with Gasteiger partial charge in [0.2, 0.25) is 0 Å². The number of ether oxygens (including phenoxy) is 1. The molecular weight excluding hydrogens is 348 g/mol. The van der Waals surface area contributed by atoms with E-state index < -0.39 is 0 Å². The van der Waals surface area contributed by atoms with Crippen molar-refractivity contribution in [3.8, 4) is 17.0 Å². The molecule has 0 atom stereocenters. The van der Waals surface area contributed by atoms with E-state index in [1.54, 1.807) is 13.3 Å². The molecule has 0 aliphatic carbocycles. The first-order valence-corrected chi connectivity index (χ1v) is 8.57. The van der Waals surface area contributed by atoms with E-state index in [4.69, 9.17) is 21.3 Å². The molecule has 0 saturated heterocycles. The molecule has 0 amide bonds. The number of halogens is 1. The minimum absolute atomic E-state index is 0.604. The lowest BCUT2D eigenvalue weighted by Crippen LogP contribution is -2.01. The van der Waals surface area contributed by atoms with Crippen LogP contribution in [0, 0.1) is 0 Å². The number of hydrogen-bond donors (Lipinski definition) is 2. The topological polar surface area (TPSA) is 62.8 Å². The Kier molecular flexibility index (Phi) is 4.46. The minimum Gasteiger partial charge on any atom is -0.497 e. The summed E-state index contributed by atoms with van der Waals surface area (Å²) in [5.74, 6) is 1.66. The van der Waals surface area contributed by atoms with Crippen molar-refractivity contribution in [2.75, 3.05) is 12.4 Å². The first-order chi connectivity index (χ1) is 12.7. The summed E-state index contributed by atoms with van der Waals surface area (Å²) in [6.07, 6.45) is 3.54. The summed E-state index contributed by atoms with van der Waals surface area (Å²) in [4.78, 5) is 12.2. The van der Waals surface area contributed by atoms with Crippen LogP contribution in [-0.4, -0.2) is 22.1 Å². The molecule has 0 fully saturated rings. The molecule has 0 unspecified atom stereocenters. The van der Waals surface area contributed by atoms with Gasteiger partial charge >= 0.3 is 0 Å². The number of aromatic amines is 1. The highest BCUT2D eigenvalue weighted by atomic mass is 35.5. The Bertz CT molecular complexity index is 1040. The molecule has 26 heavy (non-hydrogen) atoms. The van der Waals surface area contributed by atoms with Gasteiger partial charge in [0.05, 0.1) is 17.8 Å². The fourth-order valence-electron chi connectivity index (χ4n) is 2.81. The first kappa shape index (κ1) is 16.4. The Balaban J connectivity index is 1.56. The summed E-state index contributed by atoms with van der Waals surface area (Å²) in [6.45, 7) is 0.682. The van der Waals surface area contributed by atoms with Gasteiger partial charge in [-0.1, -0.05) is 29.8 Å². The van der Waals surface area contributed by atoms with Crippen LogP contribution in [0.1, 0.15) is 5.56 Å². The molecule has 0 radical (unpaired) electrons. The number of rotatable bonds is 5. The second kappa shape index (κ2) is 7.06. The number of nitrogens with zero attached hydrogens (tertiary/aromatic N) is 2. The van der Waals surface area contributed by atoms with E-state index in [0.717, 1.165) is 39.4 Å². The van der Waals surface area contributed by atoms with Gasteiger partial charge < -0.3 is 15.0 Å². The molecule has 3 heterocycles. The molecular formula is C20H17ClN4O. The van der Waals surface area contributed by atoms with Gasteiger partial charge in [0.25, 0.3) is 0 Å². The van der Waals surface area contributed by atoms with Gasteiger partial charge in [-0.15, -0.1) is 0 Å². The highest BCUT2D eigenvalue weighted by molar-refractivity contribution is 6.31. The monoisotopic (exact) mass is 364 g/mol. The van der Waals surface area contributed by atoms with Crippen LogP contribution in [0.5, 0.6) is 5.75 Å². The molecule has 0 bridgehead atoms. The number of benzene rings is 1. The Labute approximate surface area is 156 Å². The molecule has 6 heteroatoms. The zero-order valence-electron chi connectivity index (χ0n) is 14.2. The van der Waals surface area contributed by atoms with Crippen molar-refractivity contribution in [1.29, 1.82) is 0 Å². The second-order valence-corrected chi connectivity index (χ2v) is 6.30. The zero-order chi connectivity index (χ0) is 17.9. The van der Waals surface area contributed by atoms with Gasteiger partial charge in [-0.05, 0) is 35.9 Å². The quantitative estimate of drug-likeness (QED) is 0.528. The average molecular weight is 365 g/mol. The van der Waals surface area contributed by atoms with E-state index in [1.807, 2.05) is 54.7 Å². The molecule has 4 rings (SSSR count). The van der Waals surface area contributed by atoms with Crippen LogP contribution < -0.4 is 10.1 Å². The molecule has 2 N–H and O–H groups in total. The number of methoxy groups -OCH3 is 1.